The number of nitrogens with zero attached hydrogens (tertiary/aromatic N) is 1. The summed E-state index contributed by atoms with van der Waals surface area (Å²) >= 11 is 0. The van der Waals surface area contributed by atoms with Crippen LogP contribution >= 0.6 is 0 Å². The molecule has 0 saturated heterocycles. The summed E-state index contributed by atoms with van der Waals surface area (Å²) in [7, 11) is -2.80. The Morgan fingerprint density at radius 1 is 1.32 bits per heavy atom. The van der Waals surface area contributed by atoms with Gasteiger partial charge in [0.2, 0.25) is 6.54 Å². The van der Waals surface area contributed by atoms with E-state index in [1.165, 1.54) is 0 Å². The SMILES string of the molecule is CC[C@H](C[N+](=O)[O-])[C@H](c1ccccc1)S(=O)(=O)OC. The van der Waals surface area contributed by atoms with Crippen molar-refractivity contribution in [1.82, 2.24) is 0 Å². The lowest BCUT2D eigenvalue weighted by Gasteiger charge is -2.22. The maximum Gasteiger partial charge on any atom is 0.274 e. The van der Waals surface area contributed by atoms with Gasteiger partial charge in [0.1, 0.15) is 5.25 Å². The quantitative estimate of drug-likeness (QED) is 0.435. The topological polar surface area (TPSA) is 86.5 Å². The van der Waals surface area contributed by atoms with E-state index < -0.39 is 32.8 Å². The Morgan fingerprint density at radius 2 is 1.89 bits per heavy atom. The van der Waals surface area contributed by atoms with Crippen LogP contribution in [-0.4, -0.2) is 27.0 Å². The third kappa shape index (κ3) is 4.00. The van der Waals surface area contributed by atoms with Crippen molar-refractivity contribution in [2.75, 3.05) is 13.7 Å². The molecule has 0 fully saturated rings. The predicted molar refractivity (Wildman–Crippen MR) is 70.8 cm³/mol. The maximum atomic E-state index is 12.0. The molecule has 0 saturated carbocycles. The van der Waals surface area contributed by atoms with E-state index in [2.05, 4.69) is 4.18 Å². The van der Waals surface area contributed by atoms with E-state index in [0.717, 1.165) is 7.11 Å². The van der Waals surface area contributed by atoms with E-state index in [0.29, 0.717) is 12.0 Å². The molecule has 2 atom stereocenters. The van der Waals surface area contributed by atoms with Crippen LogP contribution in [0, 0.1) is 16.0 Å². The first kappa shape index (κ1) is 15.6. The van der Waals surface area contributed by atoms with E-state index >= 15 is 0 Å². The Morgan fingerprint density at radius 3 is 2.32 bits per heavy atom. The van der Waals surface area contributed by atoms with Crippen LogP contribution in [0.25, 0.3) is 0 Å². The van der Waals surface area contributed by atoms with Crippen molar-refractivity contribution in [1.29, 1.82) is 0 Å². The van der Waals surface area contributed by atoms with Gasteiger partial charge >= 0.3 is 0 Å². The molecule has 0 radical (unpaired) electrons. The fourth-order valence-electron chi connectivity index (χ4n) is 2.05. The molecule has 1 aromatic carbocycles. The fourth-order valence-corrected chi connectivity index (χ4v) is 3.50. The molecule has 7 heteroatoms. The van der Waals surface area contributed by atoms with Gasteiger partial charge in [-0.2, -0.15) is 8.42 Å². The highest BCUT2D eigenvalue weighted by Gasteiger charge is 2.37. The monoisotopic (exact) mass is 287 g/mol. The molecule has 0 heterocycles. The average molecular weight is 287 g/mol. The van der Waals surface area contributed by atoms with Gasteiger partial charge < -0.3 is 0 Å². The molecule has 1 rings (SSSR count). The van der Waals surface area contributed by atoms with Crippen molar-refractivity contribution in [3.63, 3.8) is 0 Å². The summed E-state index contributed by atoms with van der Waals surface area (Å²) in [5.41, 5.74) is 0.512. The molecule has 106 valence electrons. The second-order valence-corrected chi connectivity index (χ2v) is 6.00. The zero-order valence-corrected chi connectivity index (χ0v) is 11.7. The molecule has 1 aromatic rings. The first-order valence-corrected chi connectivity index (χ1v) is 7.35. The summed E-state index contributed by atoms with van der Waals surface area (Å²) in [5.74, 6) is -0.623. The fraction of sp³-hybridized carbons (Fsp3) is 0.500. The van der Waals surface area contributed by atoms with Crippen LogP contribution in [0.2, 0.25) is 0 Å². The Balaban J connectivity index is 3.23. The smallest absolute Gasteiger partial charge is 0.273 e. The van der Waals surface area contributed by atoms with Gasteiger partial charge in [0, 0.05) is 10.8 Å². The highest BCUT2D eigenvalue weighted by Crippen LogP contribution is 2.33. The van der Waals surface area contributed by atoms with Crippen LogP contribution in [0.5, 0.6) is 0 Å². The highest BCUT2D eigenvalue weighted by molar-refractivity contribution is 7.87. The Hall–Kier alpha value is -1.47. The second-order valence-electron chi connectivity index (χ2n) is 4.17. The normalized spacial score (nSPS) is 14.8. The minimum atomic E-state index is -3.87. The molecule has 0 aliphatic rings. The lowest BCUT2D eigenvalue weighted by atomic mass is 9.96. The molecular weight excluding hydrogens is 270 g/mol. The van der Waals surface area contributed by atoms with Gasteiger partial charge in [0.15, 0.2) is 0 Å². The first-order chi connectivity index (χ1) is 8.92. The molecule has 0 aliphatic heterocycles. The minimum Gasteiger partial charge on any atom is -0.273 e. The predicted octanol–water partition coefficient (Wildman–Crippen LogP) is 2.01. The standard InChI is InChI=1S/C12H17NO5S/c1-3-10(9-13(14)15)12(19(16,17)18-2)11-7-5-4-6-8-11/h4-8,10,12H,3,9H2,1-2H3/t10-,12-/m1/s1. The molecule has 19 heavy (non-hydrogen) atoms. The Labute approximate surface area is 112 Å². The van der Waals surface area contributed by atoms with E-state index in [1.54, 1.807) is 37.3 Å². The van der Waals surface area contributed by atoms with Gasteiger partial charge in [-0.1, -0.05) is 37.3 Å². The minimum absolute atomic E-state index is 0.378. The van der Waals surface area contributed by atoms with Crippen LogP contribution in [-0.2, 0) is 14.3 Å². The van der Waals surface area contributed by atoms with Crippen molar-refractivity contribution in [2.24, 2.45) is 5.92 Å². The van der Waals surface area contributed by atoms with Crippen molar-refractivity contribution >= 4 is 10.1 Å². The van der Waals surface area contributed by atoms with Gasteiger partial charge in [0.05, 0.1) is 7.11 Å². The number of hydrogen-bond acceptors (Lipinski definition) is 5. The van der Waals surface area contributed by atoms with Crippen LogP contribution < -0.4 is 0 Å². The van der Waals surface area contributed by atoms with Crippen molar-refractivity contribution < 1.29 is 17.5 Å². The van der Waals surface area contributed by atoms with Gasteiger partial charge in [-0.05, 0) is 12.0 Å². The molecule has 0 aromatic heterocycles. The van der Waals surface area contributed by atoms with E-state index in [-0.39, 0.29) is 0 Å². The Kier molecular flexibility index (Phi) is 5.44. The van der Waals surface area contributed by atoms with Crippen molar-refractivity contribution in [3.8, 4) is 0 Å². The number of benzene rings is 1. The zero-order valence-electron chi connectivity index (χ0n) is 10.9. The molecule has 0 spiro atoms. The molecular formula is C12H17NO5S. The van der Waals surface area contributed by atoms with Crippen molar-refractivity contribution in [3.05, 3.63) is 46.0 Å². The van der Waals surface area contributed by atoms with Gasteiger partial charge in [-0.3, -0.25) is 14.3 Å². The number of nitro groups is 1. The molecule has 0 aliphatic carbocycles. The van der Waals surface area contributed by atoms with Gasteiger partial charge in [-0.15, -0.1) is 0 Å². The maximum absolute atomic E-state index is 12.0. The summed E-state index contributed by atoms with van der Waals surface area (Å²) < 4.78 is 28.6. The zero-order chi connectivity index (χ0) is 14.5. The Bertz CT molecular complexity index is 514. The van der Waals surface area contributed by atoms with E-state index in [9.17, 15) is 18.5 Å². The van der Waals surface area contributed by atoms with E-state index in [1.807, 2.05) is 0 Å². The largest absolute Gasteiger partial charge is 0.274 e. The third-order valence-corrected chi connectivity index (χ3v) is 4.75. The lowest BCUT2D eigenvalue weighted by Crippen LogP contribution is -2.28. The molecule has 0 unspecified atom stereocenters. The number of hydrogen-bond donors (Lipinski definition) is 0. The van der Waals surface area contributed by atoms with Crippen LogP contribution in [0.4, 0.5) is 0 Å². The van der Waals surface area contributed by atoms with Crippen LogP contribution in [0.3, 0.4) is 0 Å². The summed E-state index contributed by atoms with van der Waals surface area (Å²) in [6.45, 7) is 1.33. The molecule has 6 nitrogen and oxygen atoms in total. The average Bonchev–Trinajstić information content (AvgIpc) is 2.38. The summed E-state index contributed by atoms with van der Waals surface area (Å²) in [5, 5.41) is 9.67. The molecule has 0 amide bonds. The summed E-state index contributed by atoms with van der Waals surface area (Å²) in [6, 6.07) is 8.45. The molecule has 0 bridgehead atoms. The third-order valence-electron chi connectivity index (χ3n) is 3.01. The second kappa shape index (κ2) is 6.63. The first-order valence-electron chi connectivity index (χ1n) is 5.88. The van der Waals surface area contributed by atoms with Crippen LogP contribution in [0.1, 0.15) is 24.2 Å². The van der Waals surface area contributed by atoms with Crippen LogP contribution in [0.15, 0.2) is 30.3 Å². The van der Waals surface area contributed by atoms with E-state index in [4.69, 9.17) is 0 Å². The van der Waals surface area contributed by atoms with Gasteiger partial charge in [-0.25, -0.2) is 0 Å². The summed E-state index contributed by atoms with van der Waals surface area (Å²) in [6.07, 6.45) is 0.378. The van der Waals surface area contributed by atoms with Crippen molar-refractivity contribution in [2.45, 2.75) is 18.6 Å². The molecule has 0 N–H and O–H groups in total. The lowest BCUT2D eigenvalue weighted by molar-refractivity contribution is -0.488. The summed E-state index contributed by atoms with van der Waals surface area (Å²) in [4.78, 5) is 10.2. The highest BCUT2D eigenvalue weighted by atomic mass is 32.2. The number of rotatable bonds is 7. The van der Waals surface area contributed by atoms with Gasteiger partial charge in [0.25, 0.3) is 10.1 Å².